The van der Waals surface area contributed by atoms with Crippen LogP contribution in [0.15, 0.2) is 45.6 Å². The molecule has 5 saturated heterocycles. The molecule has 2 aromatic carbocycles. The lowest BCUT2D eigenvalue weighted by atomic mass is 9.96. The Morgan fingerprint density at radius 1 is 0.421 bits per heavy atom. The third kappa shape index (κ3) is 11.2. The topological polar surface area (TPSA) is 507 Å². The first-order valence-corrected chi connectivity index (χ1v) is 23.6. The maximum atomic E-state index is 14.8. The molecule has 19 N–H and O–H groups in total. The molecule has 8 rings (SSSR count). The zero-order valence-corrected chi connectivity index (χ0v) is 39.3. The van der Waals surface area contributed by atoms with Gasteiger partial charge < -0.3 is 149 Å². The normalized spacial score (nSPS) is 42.2. The highest BCUT2D eigenvalue weighted by atomic mass is 16.8. The minimum Gasteiger partial charge on any atom is -0.508 e. The Balaban J connectivity index is 1.15. The van der Waals surface area contributed by atoms with Gasteiger partial charge in [0, 0.05) is 17.7 Å². The van der Waals surface area contributed by atoms with E-state index in [0.29, 0.717) is 0 Å². The second-order valence-corrected chi connectivity index (χ2v) is 18.5. The maximum Gasteiger partial charge on any atom is 0.239 e. The molecule has 0 bridgehead atoms. The number of aliphatic hydroxyl groups is 17. The van der Waals surface area contributed by atoms with Crippen molar-refractivity contribution in [2.24, 2.45) is 0 Å². The number of aliphatic hydroxyl groups excluding tert-OH is 17. The first kappa shape index (κ1) is 58.0. The van der Waals surface area contributed by atoms with E-state index in [4.69, 9.17) is 51.8 Å². The van der Waals surface area contributed by atoms with Gasteiger partial charge in [0.25, 0.3) is 0 Å². The van der Waals surface area contributed by atoms with Crippen LogP contribution in [0.1, 0.15) is 0 Å². The summed E-state index contributed by atoms with van der Waals surface area (Å²) in [7, 11) is 0. The quantitative estimate of drug-likeness (QED) is 0.0633. The molecular weight excluding hydrogens is 1040 g/mol. The second-order valence-electron chi connectivity index (χ2n) is 18.5. The summed E-state index contributed by atoms with van der Waals surface area (Å²) in [4.78, 5) is 14.8. The van der Waals surface area contributed by atoms with Crippen LogP contribution < -0.4 is 14.9 Å². The Kier molecular flexibility index (Phi) is 18.4. The number of benzene rings is 2. The van der Waals surface area contributed by atoms with Gasteiger partial charge in [0.1, 0.15) is 138 Å². The molecule has 5 aliphatic rings. The molecule has 426 valence electrons. The van der Waals surface area contributed by atoms with Gasteiger partial charge in [0.15, 0.2) is 36.8 Å². The number of phenols is 2. The molecular formula is C45H60O31. The Labute approximate surface area is 426 Å². The van der Waals surface area contributed by atoms with Crippen LogP contribution in [0.2, 0.25) is 0 Å². The minimum atomic E-state index is -2.21. The molecule has 0 unspecified atom stereocenters. The number of phenolic OH excluding ortho intramolecular Hbond substituents is 2. The van der Waals surface area contributed by atoms with Crippen molar-refractivity contribution in [1.82, 2.24) is 0 Å². The SMILES string of the molecule is O=c1c(O[C@@H]2O[C@H](CO)[C@@H](O)[C@H](O)[C@H]2O[C@@H]2O[C@H](CO)[C@@H](O)[C@H](O)[C@H]2O[C@@H]2O[C@H](CO)[C@@H](O)[C@H](O)[C@H]2O)c(-c2ccc(O)cc2)oc2cc(O[C@@H]3O[C@H](CO)[C@@H](O)[C@H](O)[C@H]3O[C@@H]3O[C@H](CO)[C@@H](O)[C@H](O)[C@H]3O)cc(O)c12. The summed E-state index contributed by atoms with van der Waals surface area (Å²) in [6.45, 7) is -4.70. The summed E-state index contributed by atoms with van der Waals surface area (Å²) < 4.78 is 63.6. The van der Waals surface area contributed by atoms with Crippen molar-refractivity contribution in [3.8, 4) is 34.3 Å². The van der Waals surface area contributed by atoms with Crippen molar-refractivity contribution in [2.75, 3.05) is 33.0 Å². The van der Waals surface area contributed by atoms with Crippen molar-refractivity contribution < 1.29 is 149 Å². The molecule has 0 spiro atoms. The van der Waals surface area contributed by atoms with Crippen LogP contribution in [0, 0.1) is 0 Å². The van der Waals surface area contributed by atoms with Crippen molar-refractivity contribution in [3.63, 3.8) is 0 Å². The number of rotatable bonds is 16. The van der Waals surface area contributed by atoms with E-state index < -0.39 is 226 Å². The van der Waals surface area contributed by atoms with E-state index in [-0.39, 0.29) is 11.3 Å². The first-order valence-electron chi connectivity index (χ1n) is 23.6. The van der Waals surface area contributed by atoms with Gasteiger partial charge in [0.05, 0.1) is 33.0 Å². The standard InChI is InChI=1S/C45H60O31/c46-7-17-23(53)29(59)34(64)41(68-17)74-38-31(61)25(55)19(9-48)70-43(38)66-14-5-15(52)22-16(6-14)67-36(12-1-3-13(51)4-2-12)37(28(22)58)73-44-40(33(63)27(57)20(10-49)71-44)76-45-39(32(62)26(56)21(11-50)72-45)75-42-35(65)30(60)24(54)18(8-47)69-42/h1-6,17-21,23-27,29-35,38-57,59-65H,7-11H2/t17-,18-,19-,20-,21-,23-,24-,25-,26-,27-,29+,30+,31+,32+,33+,34-,35-,38-,39-,40-,41+,42+,43-,44+,45+/m1/s1. The minimum absolute atomic E-state index is 0.0526. The molecule has 31 heteroatoms. The summed E-state index contributed by atoms with van der Waals surface area (Å²) in [5.41, 5.74) is -1.79. The summed E-state index contributed by atoms with van der Waals surface area (Å²) in [5.74, 6) is -3.06. The smallest absolute Gasteiger partial charge is 0.239 e. The van der Waals surface area contributed by atoms with Crippen molar-refractivity contribution in [1.29, 1.82) is 0 Å². The maximum absolute atomic E-state index is 14.8. The monoisotopic (exact) mass is 1100 g/mol. The first-order chi connectivity index (χ1) is 36.2. The number of aromatic hydroxyl groups is 2. The van der Waals surface area contributed by atoms with Gasteiger partial charge in [-0.25, -0.2) is 0 Å². The molecule has 25 atom stereocenters. The number of fused-ring (bicyclic) bond motifs is 1. The number of ether oxygens (including phenoxy) is 10. The van der Waals surface area contributed by atoms with E-state index in [2.05, 4.69) is 0 Å². The van der Waals surface area contributed by atoms with E-state index in [1.807, 2.05) is 0 Å². The molecule has 76 heavy (non-hydrogen) atoms. The molecule has 5 aliphatic heterocycles. The average Bonchev–Trinajstić information content (AvgIpc) is 3.40. The third-order valence-corrected chi connectivity index (χ3v) is 13.6. The molecule has 31 nitrogen and oxygen atoms in total. The lowest BCUT2D eigenvalue weighted by Crippen LogP contribution is -2.67. The lowest BCUT2D eigenvalue weighted by Gasteiger charge is -2.48. The van der Waals surface area contributed by atoms with Crippen LogP contribution in [0.5, 0.6) is 23.0 Å². The molecule has 0 aliphatic carbocycles. The average molecular weight is 1100 g/mol. The Morgan fingerprint density at radius 2 is 0.789 bits per heavy atom. The Morgan fingerprint density at radius 3 is 1.22 bits per heavy atom. The van der Waals surface area contributed by atoms with E-state index >= 15 is 0 Å². The molecule has 1 aromatic heterocycles. The number of hydrogen-bond acceptors (Lipinski definition) is 31. The summed E-state index contributed by atoms with van der Waals surface area (Å²) >= 11 is 0. The van der Waals surface area contributed by atoms with Crippen molar-refractivity contribution in [2.45, 2.75) is 154 Å². The predicted octanol–water partition coefficient (Wildman–Crippen LogP) is -9.30. The van der Waals surface area contributed by atoms with Gasteiger partial charge in [0.2, 0.25) is 23.8 Å². The van der Waals surface area contributed by atoms with Gasteiger partial charge in [-0.3, -0.25) is 4.79 Å². The molecule has 0 radical (unpaired) electrons. The highest BCUT2D eigenvalue weighted by Gasteiger charge is 2.56. The van der Waals surface area contributed by atoms with Crippen molar-refractivity contribution in [3.05, 3.63) is 46.6 Å². The molecule has 0 amide bonds. The number of hydrogen-bond donors (Lipinski definition) is 19. The van der Waals surface area contributed by atoms with Gasteiger partial charge in [-0.2, -0.15) is 0 Å². The van der Waals surface area contributed by atoms with Crippen LogP contribution in [0.3, 0.4) is 0 Å². The van der Waals surface area contributed by atoms with Crippen LogP contribution in [-0.2, 0) is 37.9 Å². The zero-order valence-electron chi connectivity index (χ0n) is 39.3. The van der Waals surface area contributed by atoms with Gasteiger partial charge in [-0.15, -0.1) is 0 Å². The van der Waals surface area contributed by atoms with Crippen LogP contribution in [-0.4, -0.2) is 284 Å². The molecule has 6 heterocycles. The zero-order chi connectivity index (χ0) is 55.2. The largest absolute Gasteiger partial charge is 0.508 e. The fourth-order valence-electron chi connectivity index (χ4n) is 9.21. The van der Waals surface area contributed by atoms with Gasteiger partial charge >= 0.3 is 0 Å². The summed E-state index contributed by atoms with van der Waals surface area (Å²) in [5, 5.41) is 200. The van der Waals surface area contributed by atoms with Crippen LogP contribution >= 0.6 is 0 Å². The predicted molar refractivity (Wildman–Crippen MR) is 238 cm³/mol. The second kappa shape index (κ2) is 24.1. The summed E-state index contributed by atoms with van der Waals surface area (Å²) in [6, 6.07) is 6.60. The molecule has 0 saturated carbocycles. The third-order valence-electron chi connectivity index (χ3n) is 13.6. The van der Waals surface area contributed by atoms with Crippen LogP contribution in [0.4, 0.5) is 0 Å². The van der Waals surface area contributed by atoms with E-state index in [1.54, 1.807) is 0 Å². The van der Waals surface area contributed by atoms with Crippen molar-refractivity contribution >= 4 is 11.0 Å². The highest BCUT2D eigenvalue weighted by Crippen LogP contribution is 2.41. The Hall–Kier alpha value is -4.15. The van der Waals surface area contributed by atoms with Gasteiger partial charge in [-0.05, 0) is 24.3 Å². The Bertz CT molecular complexity index is 2440. The lowest BCUT2D eigenvalue weighted by molar-refractivity contribution is -0.389. The highest BCUT2D eigenvalue weighted by molar-refractivity contribution is 5.88. The van der Waals surface area contributed by atoms with Crippen LogP contribution in [0.25, 0.3) is 22.3 Å². The molecule has 5 fully saturated rings. The van der Waals surface area contributed by atoms with Gasteiger partial charge in [-0.1, -0.05) is 0 Å². The fraction of sp³-hybridized carbons (Fsp3) is 0.667. The van der Waals surface area contributed by atoms with E-state index in [1.165, 1.54) is 12.1 Å². The van der Waals surface area contributed by atoms with E-state index in [9.17, 15) is 102 Å². The molecule has 3 aromatic rings. The fourth-order valence-corrected chi connectivity index (χ4v) is 9.21. The van der Waals surface area contributed by atoms with E-state index in [0.717, 1.165) is 24.3 Å². The summed E-state index contributed by atoms with van der Waals surface area (Å²) in [6.07, 6.45) is -48.3.